The number of methoxy groups -OCH3 is 1. The summed E-state index contributed by atoms with van der Waals surface area (Å²) in [6, 6.07) is -0.606. The lowest BCUT2D eigenvalue weighted by molar-refractivity contribution is -0.157. The van der Waals surface area contributed by atoms with Crippen LogP contribution in [-0.2, 0) is 14.3 Å². The molecular formula is C11H21NO5. The first kappa shape index (κ1) is 15.9. The molecule has 0 aliphatic rings. The molecule has 0 rings (SSSR count). The zero-order valence-electron chi connectivity index (χ0n) is 10.7. The third kappa shape index (κ3) is 5.65. The molecule has 2 unspecified atom stereocenters. The van der Waals surface area contributed by atoms with Crippen molar-refractivity contribution in [3.8, 4) is 0 Å². The van der Waals surface area contributed by atoms with Crippen LogP contribution in [0.4, 0.5) is 0 Å². The number of hydrogen-bond acceptors (Lipinski definition) is 5. The summed E-state index contributed by atoms with van der Waals surface area (Å²) in [5, 5.41) is 21.0. The first-order valence-electron chi connectivity index (χ1n) is 5.47. The van der Waals surface area contributed by atoms with Gasteiger partial charge in [-0.3, -0.25) is 4.79 Å². The first-order valence-corrected chi connectivity index (χ1v) is 5.47. The summed E-state index contributed by atoms with van der Waals surface area (Å²) in [6.45, 7) is 4.83. The Bertz CT molecular complexity index is 275. The fourth-order valence-electron chi connectivity index (χ4n) is 1.27. The number of carboxylic acid groups (broad SMARTS) is 1. The quantitative estimate of drug-likeness (QED) is 0.548. The van der Waals surface area contributed by atoms with Gasteiger partial charge in [0.1, 0.15) is 6.04 Å². The fourth-order valence-corrected chi connectivity index (χ4v) is 1.27. The number of esters is 1. The van der Waals surface area contributed by atoms with Gasteiger partial charge < -0.3 is 20.3 Å². The van der Waals surface area contributed by atoms with Gasteiger partial charge in [-0.05, 0) is 19.3 Å². The lowest BCUT2D eigenvalue weighted by Crippen LogP contribution is -2.50. The Balaban J connectivity index is 4.45. The average Bonchev–Trinajstić information content (AvgIpc) is 2.22. The molecule has 0 radical (unpaired) electrons. The SMILES string of the molecule is COC(=O)C(CC(C)C)NCC(C)(O)C(=O)O. The minimum Gasteiger partial charge on any atom is -0.479 e. The van der Waals surface area contributed by atoms with Gasteiger partial charge in [-0.2, -0.15) is 0 Å². The Morgan fingerprint density at radius 1 is 1.41 bits per heavy atom. The second kappa shape index (κ2) is 6.56. The molecule has 6 nitrogen and oxygen atoms in total. The van der Waals surface area contributed by atoms with Crippen LogP contribution in [0.3, 0.4) is 0 Å². The summed E-state index contributed by atoms with van der Waals surface area (Å²) in [7, 11) is 1.27. The van der Waals surface area contributed by atoms with E-state index in [9.17, 15) is 14.7 Å². The Morgan fingerprint density at radius 2 is 1.94 bits per heavy atom. The van der Waals surface area contributed by atoms with Crippen LogP contribution in [0.5, 0.6) is 0 Å². The van der Waals surface area contributed by atoms with E-state index in [-0.39, 0.29) is 12.5 Å². The maximum atomic E-state index is 11.4. The van der Waals surface area contributed by atoms with Gasteiger partial charge in [0.15, 0.2) is 5.60 Å². The molecule has 0 aromatic carbocycles. The first-order chi connectivity index (χ1) is 7.70. The molecule has 2 atom stereocenters. The molecule has 0 aliphatic heterocycles. The second-order valence-electron chi connectivity index (χ2n) is 4.67. The van der Waals surface area contributed by atoms with E-state index < -0.39 is 23.6 Å². The Hall–Kier alpha value is -1.14. The van der Waals surface area contributed by atoms with E-state index in [4.69, 9.17) is 5.11 Å². The summed E-state index contributed by atoms with van der Waals surface area (Å²) < 4.78 is 4.61. The molecule has 0 aromatic rings. The Morgan fingerprint density at radius 3 is 2.29 bits per heavy atom. The minimum atomic E-state index is -1.90. The van der Waals surface area contributed by atoms with E-state index in [1.165, 1.54) is 14.0 Å². The zero-order valence-corrected chi connectivity index (χ0v) is 10.7. The zero-order chi connectivity index (χ0) is 13.6. The van der Waals surface area contributed by atoms with E-state index >= 15 is 0 Å². The number of carbonyl (C=O) groups excluding carboxylic acids is 1. The largest absolute Gasteiger partial charge is 0.479 e. The van der Waals surface area contributed by atoms with Crippen molar-refractivity contribution in [2.24, 2.45) is 5.92 Å². The number of hydrogen-bond donors (Lipinski definition) is 3. The van der Waals surface area contributed by atoms with Crippen LogP contribution in [0, 0.1) is 5.92 Å². The molecule has 6 heteroatoms. The van der Waals surface area contributed by atoms with E-state index in [1.807, 2.05) is 13.8 Å². The molecular weight excluding hydrogens is 226 g/mol. The van der Waals surface area contributed by atoms with Crippen molar-refractivity contribution in [1.29, 1.82) is 0 Å². The molecule has 0 saturated heterocycles. The van der Waals surface area contributed by atoms with Gasteiger partial charge in [0.05, 0.1) is 7.11 Å². The molecule has 3 N–H and O–H groups in total. The van der Waals surface area contributed by atoms with Crippen molar-refractivity contribution in [2.45, 2.75) is 38.8 Å². The molecule has 0 bridgehead atoms. The highest BCUT2D eigenvalue weighted by atomic mass is 16.5. The van der Waals surface area contributed by atoms with Crippen molar-refractivity contribution < 1.29 is 24.5 Å². The van der Waals surface area contributed by atoms with Crippen LogP contribution in [0.1, 0.15) is 27.2 Å². The molecule has 0 spiro atoms. The molecule has 0 aromatic heterocycles. The predicted molar refractivity (Wildman–Crippen MR) is 61.5 cm³/mol. The van der Waals surface area contributed by atoms with Gasteiger partial charge in [0, 0.05) is 6.54 Å². The summed E-state index contributed by atoms with van der Waals surface area (Å²) in [5.74, 6) is -1.54. The smallest absolute Gasteiger partial charge is 0.336 e. The highest BCUT2D eigenvalue weighted by molar-refractivity contribution is 5.78. The molecule has 0 heterocycles. The van der Waals surface area contributed by atoms with Crippen molar-refractivity contribution in [3.63, 3.8) is 0 Å². The second-order valence-corrected chi connectivity index (χ2v) is 4.67. The number of carbonyl (C=O) groups is 2. The lowest BCUT2D eigenvalue weighted by atomic mass is 10.0. The van der Waals surface area contributed by atoms with Crippen LogP contribution in [0.2, 0.25) is 0 Å². The van der Waals surface area contributed by atoms with Gasteiger partial charge in [-0.1, -0.05) is 13.8 Å². The van der Waals surface area contributed by atoms with Crippen molar-refractivity contribution in [2.75, 3.05) is 13.7 Å². The van der Waals surface area contributed by atoms with Gasteiger partial charge in [-0.15, -0.1) is 0 Å². The van der Waals surface area contributed by atoms with E-state index in [2.05, 4.69) is 10.1 Å². The van der Waals surface area contributed by atoms with E-state index in [0.29, 0.717) is 6.42 Å². The summed E-state index contributed by atoms with van der Waals surface area (Å²) in [6.07, 6.45) is 0.516. The third-order valence-electron chi connectivity index (χ3n) is 2.35. The summed E-state index contributed by atoms with van der Waals surface area (Å²) in [5.41, 5.74) is -1.90. The number of carboxylic acids is 1. The van der Waals surface area contributed by atoms with E-state index in [0.717, 1.165) is 0 Å². The molecule has 0 fully saturated rings. The van der Waals surface area contributed by atoms with Gasteiger partial charge >= 0.3 is 11.9 Å². The number of nitrogens with one attached hydrogen (secondary N) is 1. The number of ether oxygens (including phenoxy) is 1. The normalized spacial score (nSPS) is 16.4. The molecule has 0 saturated carbocycles. The Labute approximate surface area is 101 Å². The van der Waals surface area contributed by atoms with Gasteiger partial charge in [0.2, 0.25) is 0 Å². The molecule has 17 heavy (non-hydrogen) atoms. The topological polar surface area (TPSA) is 95.9 Å². The van der Waals surface area contributed by atoms with Crippen LogP contribution in [0.15, 0.2) is 0 Å². The highest BCUT2D eigenvalue weighted by Gasteiger charge is 2.32. The molecule has 100 valence electrons. The van der Waals surface area contributed by atoms with Crippen LogP contribution in [-0.4, -0.2) is 47.4 Å². The van der Waals surface area contributed by atoms with Crippen molar-refractivity contribution in [3.05, 3.63) is 0 Å². The highest BCUT2D eigenvalue weighted by Crippen LogP contribution is 2.08. The van der Waals surface area contributed by atoms with E-state index in [1.54, 1.807) is 0 Å². The summed E-state index contributed by atoms with van der Waals surface area (Å²) in [4.78, 5) is 22.1. The maximum absolute atomic E-state index is 11.4. The van der Waals surface area contributed by atoms with Crippen LogP contribution >= 0.6 is 0 Å². The Kier molecular flexibility index (Phi) is 6.12. The maximum Gasteiger partial charge on any atom is 0.336 e. The third-order valence-corrected chi connectivity index (χ3v) is 2.35. The van der Waals surface area contributed by atoms with Crippen molar-refractivity contribution >= 4 is 11.9 Å². The van der Waals surface area contributed by atoms with Crippen molar-refractivity contribution in [1.82, 2.24) is 5.32 Å². The lowest BCUT2D eigenvalue weighted by Gasteiger charge is -2.23. The average molecular weight is 247 g/mol. The summed E-state index contributed by atoms with van der Waals surface area (Å²) >= 11 is 0. The monoisotopic (exact) mass is 247 g/mol. The standard InChI is InChI=1S/C11H21NO5/c1-7(2)5-8(9(13)17-4)12-6-11(3,16)10(14)15/h7-8,12,16H,5-6H2,1-4H3,(H,14,15). The molecule has 0 amide bonds. The fraction of sp³-hybridized carbons (Fsp3) is 0.818. The van der Waals surface area contributed by atoms with Gasteiger partial charge in [0.25, 0.3) is 0 Å². The minimum absolute atomic E-state index is 0.213. The molecule has 0 aliphatic carbocycles. The number of aliphatic hydroxyl groups is 1. The number of aliphatic carboxylic acids is 1. The van der Waals surface area contributed by atoms with Gasteiger partial charge in [-0.25, -0.2) is 4.79 Å². The van der Waals surface area contributed by atoms with Crippen LogP contribution in [0.25, 0.3) is 0 Å². The number of rotatable bonds is 7. The van der Waals surface area contributed by atoms with Crippen LogP contribution < -0.4 is 5.32 Å². The predicted octanol–water partition coefficient (Wildman–Crippen LogP) is -0.000700.